The molecule has 190 valence electrons. The number of anilines is 1. The lowest BCUT2D eigenvalue weighted by atomic mass is 9.84. The van der Waals surface area contributed by atoms with Crippen LogP contribution in [0.15, 0.2) is 22.2 Å². The Labute approximate surface area is 215 Å². The Kier molecular flexibility index (Phi) is 8.30. The summed E-state index contributed by atoms with van der Waals surface area (Å²) in [6.45, 7) is 10.8. The number of Topliss-reactive ketones (excluding diaryl/α,β-unsaturated/α-hetero) is 1. The molecule has 35 heavy (non-hydrogen) atoms. The number of halogens is 2. The van der Waals surface area contributed by atoms with E-state index in [4.69, 9.17) is 14.2 Å². The third-order valence-corrected chi connectivity index (χ3v) is 6.18. The van der Waals surface area contributed by atoms with E-state index < -0.39 is 5.82 Å². The highest BCUT2D eigenvalue weighted by Crippen LogP contribution is 2.41. The Balaban J connectivity index is 1.99. The molecule has 0 amide bonds. The monoisotopic (exact) mass is 549 g/mol. The molecule has 9 heteroatoms. The molecule has 0 spiro atoms. The van der Waals surface area contributed by atoms with E-state index in [1.807, 2.05) is 13.0 Å². The van der Waals surface area contributed by atoms with Gasteiger partial charge >= 0.3 is 0 Å². The highest BCUT2D eigenvalue weighted by atomic mass is 79.9. The van der Waals surface area contributed by atoms with Gasteiger partial charge in [0.15, 0.2) is 23.1 Å². The fourth-order valence-electron chi connectivity index (χ4n) is 4.25. The molecular formula is C26H33BrFN3O4. The van der Waals surface area contributed by atoms with E-state index in [1.54, 1.807) is 38.1 Å². The quantitative estimate of drug-likeness (QED) is 0.403. The Bertz CT molecular complexity index is 1140. The minimum atomic E-state index is -0.544. The second-order valence-electron chi connectivity index (χ2n) is 9.21. The number of nitrogens with zero attached hydrogens (tertiary/aromatic N) is 2. The average molecular weight is 550 g/mol. The number of ketones is 1. The van der Waals surface area contributed by atoms with Crippen molar-refractivity contribution in [1.29, 1.82) is 0 Å². The van der Waals surface area contributed by atoms with Crippen molar-refractivity contribution in [3.8, 4) is 17.2 Å². The summed E-state index contributed by atoms with van der Waals surface area (Å²) in [5, 5.41) is 3.13. The average Bonchev–Trinajstić information content (AvgIpc) is 3.16. The Morgan fingerprint density at radius 2 is 1.86 bits per heavy atom. The van der Waals surface area contributed by atoms with Gasteiger partial charge in [-0.3, -0.25) is 4.79 Å². The zero-order valence-corrected chi connectivity index (χ0v) is 22.9. The molecule has 3 rings (SSSR count). The molecule has 1 aliphatic rings. The molecule has 0 aromatic heterocycles. The first-order valence-electron chi connectivity index (χ1n) is 11.6. The maximum atomic E-state index is 15.5. The highest BCUT2D eigenvalue weighted by Gasteiger charge is 2.34. The van der Waals surface area contributed by atoms with Crippen LogP contribution in [0.5, 0.6) is 17.2 Å². The third kappa shape index (κ3) is 5.24. The molecule has 7 nitrogen and oxygen atoms in total. The van der Waals surface area contributed by atoms with Crippen molar-refractivity contribution in [2.45, 2.75) is 46.6 Å². The van der Waals surface area contributed by atoms with E-state index in [0.717, 1.165) is 11.3 Å². The molecule has 0 fully saturated rings. The minimum absolute atomic E-state index is 0.0194. The Morgan fingerprint density at radius 3 is 2.40 bits per heavy atom. The summed E-state index contributed by atoms with van der Waals surface area (Å²) in [6.07, 6.45) is 0. The lowest BCUT2D eigenvalue weighted by molar-refractivity contribution is 0.0963. The minimum Gasteiger partial charge on any atom is -0.494 e. The van der Waals surface area contributed by atoms with Crippen molar-refractivity contribution in [1.82, 2.24) is 4.90 Å². The van der Waals surface area contributed by atoms with Crippen molar-refractivity contribution in [3.05, 3.63) is 46.3 Å². The van der Waals surface area contributed by atoms with Crippen LogP contribution in [0.3, 0.4) is 0 Å². The summed E-state index contributed by atoms with van der Waals surface area (Å²) in [5.41, 5.74) is 2.94. The van der Waals surface area contributed by atoms with Gasteiger partial charge < -0.3 is 24.4 Å². The number of nitrogens with one attached hydrogen (secondary N) is 1. The molecule has 2 aromatic carbocycles. The van der Waals surface area contributed by atoms with E-state index >= 15 is 4.39 Å². The zero-order valence-electron chi connectivity index (χ0n) is 21.3. The van der Waals surface area contributed by atoms with E-state index in [2.05, 4.69) is 46.3 Å². The van der Waals surface area contributed by atoms with E-state index in [0.29, 0.717) is 53.8 Å². The predicted octanol–water partition coefficient (Wildman–Crippen LogP) is 5.73. The van der Waals surface area contributed by atoms with Crippen LogP contribution in [0.4, 0.5) is 10.1 Å². The summed E-state index contributed by atoms with van der Waals surface area (Å²) in [4.78, 5) is 15.2. The number of hydrogen-bond donors (Lipinski definition) is 1. The molecule has 0 radical (unpaired) electrons. The molecule has 1 N–H and O–H groups in total. The van der Waals surface area contributed by atoms with Crippen molar-refractivity contribution >= 4 is 33.5 Å². The summed E-state index contributed by atoms with van der Waals surface area (Å²) in [7, 11) is 3.41. The highest BCUT2D eigenvalue weighted by molar-refractivity contribution is 9.08. The number of carbonyl (C=O) groups is 1. The largest absolute Gasteiger partial charge is 0.494 e. The second-order valence-corrected chi connectivity index (χ2v) is 9.56. The number of amidine groups is 1. The molecule has 0 aliphatic carbocycles. The second kappa shape index (κ2) is 10.8. The standard InChI is InChI=1S/C26H33BrFN3O4/c1-8-34-20-12-16-13-31(25(30-27)21(16)22(28)24(20)35-9-2)14-19(32)15-10-17(26(3,4)5)23(33-7)18(11-15)29-6/h10-12,29H,8-9,13-14H2,1-7H3. The molecular weight excluding hydrogens is 517 g/mol. The first-order chi connectivity index (χ1) is 16.6. The maximum Gasteiger partial charge on any atom is 0.197 e. The number of carbonyl (C=O) groups excluding carboxylic acids is 1. The van der Waals surface area contributed by atoms with Crippen LogP contribution in [-0.2, 0) is 12.0 Å². The van der Waals surface area contributed by atoms with Crippen LogP contribution in [0.1, 0.15) is 61.7 Å². The van der Waals surface area contributed by atoms with Crippen molar-refractivity contribution < 1.29 is 23.4 Å². The number of ether oxygens (including phenoxy) is 3. The van der Waals surface area contributed by atoms with Crippen LogP contribution in [-0.4, -0.2) is 50.4 Å². The van der Waals surface area contributed by atoms with Crippen molar-refractivity contribution in [2.75, 3.05) is 39.2 Å². The molecule has 0 saturated carbocycles. The van der Waals surface area contributed by atoms with Gasteiger partial charge in [-0.2, -0.15) is 4.02 Å². The van der Waals surface area contributed by atoms with Gasteiger partial charge in [0.2, 0.25) is 0 Å². The number of methoxy groups -OCH3 is 1. The summed E-state index contributed by atoms with van der Waals surface area (Å²) in [5.74, 6) is 0.787. The molecule has 1 aliphatic heterocycles. The lowest BCUT2D eigenvalue weighted by Gasteiger charge is -2.25. The van der Waals surface area contributed by atoms with Gasteiger partial charge in [0.25, 0.3) is 0 Å². The van der Waals surface area contributed by atoms with Crippen LogP contribution in [0.2, 0.25) is 0 Å². The van der Waals surface area contributed by atoms with Gasteiger partial charge in [-0.15, -0.1) is 0 Å². The molecule has 0 saturated heterocycles. The van der Waals surface area contributed by atoms with Gasteiger partial charge in [0, 0.05) is 24.7 Å². The van der Waals surface area contributed by atoms with Crippen molar-refractivity contribution in [3.63, 3.8) is 0 Å². The number of hydrogen-bond acceptors (Lipinski definition) is 6. The van der Waals surface area contributed by atoms with Gasteiger partial charge in [-0.05, 0) is 43.0 Å². The lowest BCUT2D eigenvalue weighted by Crippen LogP contribution is -2.31. The van der Waals surface area contributed by atoms with E-state index in [-0.39, 0.29) is 23.5 Å². The Morgan fingerprint density at radius 1 is 1.17 bits per heavy atom. The van der Waals surface area contributed by atoms with Crippen LogP contribution >= 0.6 is 16.1 Å². The zero-order chi connectivity index (χ0) is 25.9. The van der Waals surface area contributed by atoms with Gasteiger partial charge in [0.05, 0.1) is 54.3 Å². The third-order valence-electron chi connectivity index (χ3n) is 5.85. The first kappa shape index (κ1) is 26.8. The smallest absolute Gasteiger partial charge is 0.197 e. The predicted molar refractivity (Wildman–Crippen MR) is 140 cm³/mol. The molecule has 0 bridgehead atoms. The van der Waals surface area contributed by atoms with Gasteiger partial charge in [-0.25, -0.2) is 4.39 Å². The molecule has 2 aromatic rings. The summed E-state index contributed by atoms with van der Waals surface area (Å²) in [6, 6.07) is 5.42. The fraction of sp³-hybridized carbons (Fsp3) is 0.462. The van der Waals surface area contributed by atoms with Gasteiger partial charge in [0.1, 0.15) is 11.6 Å². The van der Waals surface area contributed by atoms with Gasteiger partial charge in [-0.1, -0.05) is 20.8 Å². The SMILES string of the molecule is CCOc1cc2c(c(F)c1OCC)C(=NBr)N(CC(=O)c1cc(NC)c(OC)c(C(C)(C)C)c1)C2. The fourth-order valence-corrected chi connectivity index (χ4v) is 4.65. The molecule has 0 unspecified atom stereocenters. The normalized spacial score (nSPS) is 14.2. The summed E-state index contributed by atoms with van der Waals surface area (Å²) >= 11 is 3.13. The number of fused-ring (bicyclic) bond motifs is 1. The first-order valence-corrected chi connectivity index (χ1v) is 12.3. The van der Waals surface area contributed by atoms with E-state index in [9.17, 15) is 4.79 Å². The maximum absolute atomic E-state index is 15.5. The topological polar surface area (TPSA) is 72.4 Å². The number of rotatable bonds is 9. The van der Waals surface area contributed by atoms with Crippen molar-refractivity contribution in [2.24, 2.45) is 4.02 Å². The number of benzene rings is 2. The van der Waals surface area contributed by atoms with E-state index in [1.165, 1.54) is 0 Å². The van der Waals surface area contributed by atoms with Crippen LogP contribution in [0.25, 0.3) is 0 Å². The summed E-state index contributed by atoms with van der Waals surface area (Å²) < 4.78 is 36.5. The van der Waals surface area contributed by atoms with Crippen LogP contribution in [0, 0.1) is 5.82 Å². The van der Waals surface area contributed by atoms with Crippen LogP contribution < -0.4 is 19.5 Å². The molecule has 1 heterocycles. The Hall–Kier alpha value is -2.81. The molecule has 0 atom stereocenters.